The van der Waals surface area contributed by atoms with Crippen molar-refractivity contribution in [1.29, 1.82) is 5.41 Å². The number of nitrogens with two attached hydrogens (primary N) is 2. The van der Waals surface area contributed by atoms with Crippen LogP contribution < -0.4 is 11.5 Å². The Balaban J connectivity index is 0.000000204. The van der Waals surface area contributed by atoms with Crippen molar-refractivity contribution in [2.24, 2.45) is 18.5 Å². The van der Waals surface area contributed by atoms with Gasteiger partial charge in [-0.2, -0.15) is 0 Å². The molecular formula is C45H37N5. The Labute approximate surface area is 290 Å². The quantitative estimate of drug-likeness (QED) is 0.101. The zero-order valence-corrected chi connectivity index (χ0v) is 28.1. The Morgan fingerprint density at radius 2 is 1.08 bits per heavy atom. The molecule has 5 N–H and O–H groups in total. The van der Waals surface area contributed by atoms with Crippen molar-refractivity contribution in [2.45, 2.75) is 6.92 Å². The summed E-state index contributed by atoms with van der Waals surface area (Å²) in [6.45, 7) is 1.85. The van der Waals surface area contributed by atoms with E-state index in [0.29, 0.717) is 11.4 Å². The van der Waals surface area contributed by atoms with Crippen molar-refractivity contribution < 1.29 is 0 Å². The van der Waals surface area contributed by atoms with Crippen LogP contribution in [-0.2, 0) is 7.05 Å². The van der Waals surface area contributed by atoms with Crippen molar-refractivity contribution in [3.05, 3.63) is 175 Å². The normalized spacial score (nSPS) is 12.3. The number of hydrogen-bond acceptors (Lipinski definition) is 3. The Hall–Kier alpha value is -6.59. The predicted octanol–water partition coefficient (Wildman–Crippen LogP) is 10.5. The fourth-order valence-electron chi connectivity index (χ4n) is 7.38. The number of aromatic nitrogens is 2. The second kappa shape index (κ2) is 12.5. The number of para-hydroxylation sites is 3. The fraction of sp³-hybridized carbons (Fsp3) is 0.0444. The molecule has 0 amide bonds. The smallest absolute Gasteiger partial charge is 0.0862 e. The third kappa shape index (κ3) is 4.91. The van der Waals surface area contributed by atoms with Crippen LogP contribution in [0.1, 0.15) is 12.5 Å². The van der Waals surface area contributed by atoms with Crippen LogP contribution >= 0.6 is 0 Å². The van der Waals surface area contributed by atoms with E-state index in [0.717, 1.165) is 5.56 Å². The molecule has 0 unspecified atom stereocenters. The van der Waals surface area contributed by atoms with E-state index in [1.165, 1.54) is 70.8 Å². The summed E-state index contributed by atoms with van der Waals surface area (Å²) >= 11 is 0. The summed E-state index contributed by atoms with van der Waals surface area (Å²) in [6.07, 6.45) is 3.48. The second-order valence-corrected chi connectivity index (χ2v) is 12.6. The Bertz CT molecular complexity index is 2800. The highest BCUT2D eigenvalue weighted by Gasteiger charge is 2.18. The van der Waals surface area contributed by atoms with Crippen molar-refractivity contribution >= 4 is 70.9 Å². The van der Waals surface area contributed by atoms with Crippen molar-refractivity contribution in [1.82, 2.24) is 9.13 Å². The van der Waals surface area contributed by atoms with Gasteiger partial charge in [-0.3, -0.25) is 5.41 Å². The first-order valence-corrected chi connectivity index (χ1v) is 16.8. The zero-order chi connectivity index (χ0) is 34.4. The molecule has 9 aromatic rings. The molecule has 0 radical (unpaired) electrons. The monoisotopic (exact) mass is 647 g/mol. The van der Waals surface area contributed by atoms with Gasteiger partial charge in [0.1, 0.15) is 0 Å². The topological polar surface area (TPSA) is 85.8 Å². The predicted molar refractivity (Wildman–Crippen MR) is 213 cm³/mol. The number of hydrogen-bond donors (Lipinski definition) is 3. The minimum Gasteiger partial charge on any atom is -0.397 e. The van der Waals surface area contributed by atoms with Gasteiger partial charge in [0.05, 0.1) is 33.7 Å². The zero-order valence-electron chi connectivity index (χ0n) is 28.1. The summed E-state index contributed by atoms with van der Waals surface area (Å²) in [5, 5.41) is 18.2. The van der Waals surface area contributed by atoms with Crippen LogP contribution in [-0.4, -0.2) is 14.8 Å². The lowest BCUT2D eigenvalue weighted by Gasteiger charge is -2.12. The molecule has 2 heterocycles. The number of allylic oxidation sites excluding steroid dienone is 3. The van der Waals surface area contributed by atoms with Crippen LogP contribution in [0.15, 0.2) is 169 Å². The van der Waals surface area contributed by atoms with E-state index < -0.39 is 0 Å². The molecule has 7 aromatic carbocycles. The van der Waals surface area contributed by atoms with E-state index >= 15 is 0 Å². The summed E-state index contributed by atoms with van der Waals surface area (Å²) in [7, 11) is 2.19. The summed E-state index contributed by atoms with van der Waals surface area (Å²) in [5.74, 6) is 0. The SMILES string of the molecule is C/C=C\C(N)=C(/N)C(=N)c1ccccc1.Cn1c2ccccc2c2ccc3c(ccc4ccc5c6ccccc6n(-c6ccccc6)c5c43)c21. The lowest BCUT2D eigenvalue weighted by atomic mass is 9.97. The minimum atomic E-state index is 0.256. The molecule has 50 heavy (non-hydrogen) atoms. The number of nitrogens with zero attached hydrogens (tertiary/aromatic N) is 2. The average molecular weight is 648 g/mol. The van der Waals surface area contributed by atoms with Crippen LogP contribution in [0.2, 0.25) is 0 Å². The van der Waals surface area contributed by atoms with Gasteiger partial charge in [0.25, 0.3) is 0 Å². The Kier molecular flexibility index (Phi) is 7.65. The Morgan fingerprint density at radius 3 is 1.76 bits per heavy atom. The second-order valence-electron chi connectivity index (χ2n) is 12.6. The van der Waals surface area contributed by atoms with Crippen LogP contribution in [0.3, 0.4) is 0 Å². The van der Waals surface area contributed by atoms with Gasteiger partial charge < -0.3 is 20.6 Å². The molecular weight excluding hydrogens is 611 g/mol. The molecule has 0 aliphatic carbocycles. The average Bonchev–Trinajstić information content (AvgIpc) is 3.67. The van der Waals surface area contributed by atoms with Crippen LogP contribution in [0, 0.1) is 5.41 Å². The third-order valence-electron chi connectivity index (χ3n) is 9.68. The van der Waals surface area contributed by atoms with E-state index in [9.17, 15) is 0 Å². The number of fused-ring (bicyclic) bond motifs is 11. The maximum Gasteiger partial charge on any atom is 0.0862 e. The molecule has 9 rings (SSSR count). The third-order valence-corrected chi connectivity index (χ3v) is 9.68. The summed E-state index contributed by atoms with van der Waals surface area (Å²) in [5.41, 5.74) is 19.5. The van der Waals surface area contributed by atoms with Gasteiger partial charge in [-0.25, -0.2) is 0 Å². The first-order chi connectivity index (χ1) is 24.5. The van der Waals surface area contributed by atoms with Gasteiger partial charge in [-0.1, -0.05) is 127 Å². The maximum absolute atomic E-state index is 7.85. The number of aryl methyl sites for hydroxylation is 1. The minimum absolute atomic E-state index is 0.256. The van der Waals surface area contributed by atoms with Crippen LogP contribution in [0.5, 0.6) is 0 Å². The van der Waals surface area contributed by atoms with Crippen molar-refractivity contribution in [3.63, 3.8) is 0 Å². The molecule has 0 aliphatic heterocycles. The first kappa shape index (κ1) is 30.7. The Morgan fingerprint density at radius 1 is 0.560 bits per heavy atom. The summed E-state index contributed by atoms with van der Waals surface area (Å²) < 4.78 is 4.80. The van der Waals surface area contributed by atoms with Crippen LogP contribution in [0.25, 0.3) is 70.8 Å². The van der Waals surface area contributed by atoms with Gasteiger partial charge in [0.15, 0.2) is 0 Å². The molecule has 0 saturated carbocycles. The molecule has 5 nitrogen and oxygen atoms in total. The van der Waals surface area contributed by atoms with Crippen molar-refractivity contribution in [3.8, 4) is 5.69 Å². The molecule has 242 valence electrons. The molecule has 0 fully saturated rings. The van der Waals surface area contributed by atoms with Crippen molar-refractivity contribution in [2.75, 3.05) is 0 Å². The largest absolute Gasteiger partial charge is 0.397 e. The van der Waals surface area contributed by atoms with E-state index in [1.807, 2.05) is 37.3 Å². The molecule has 2 aromatic heterocycles. The highest BCUT2D eigenvalue weighted by atomic mass is 15.0. The first-order valence-electron chi connectivity index (χ1n) is 16.8. The van der Waals surface area contributed by atoms with Gasteiger partial charge >= 0.3 is 0 Å². The molecule has 5 heteroatoms. The molecule has 0 bridgehead atoms. The van der Waals surface area contributed by atoms with Gasteiger partial charge in [0, 0.05) is 56.1 Å². The van der Waals surface area contributed by atoms with E-state index in [4.69, 9.17) is 16.9 Å². The summed E-state index contributed by atoms with van der Waals surface area (Å²) in [4.78, 5) is 0. The van der Waals surface area contributed by atoms with E-state index in [1.54, 1.807) is 12.2 Å². The number of rotatable bonds is 4. The van der Waals surface area contributed by atoms with Gasteiger partial charge in [-0.05, 0) is 48.0 Å². The summed E-state index contributed by atoms with van der Waals surface area (Å²) in [6, 6.07) is 51.3. The number of nitrogens with one attached hydrogen (secondary N) is 1. The lowest BCUT2D eigenvalue weighted by Crippen LogP contribution is -2.17. The van der Waals surface area contributed by atoms with E-state index in [-0.39, 0.29) is 5.71 Å². The highest BCUT2D eigenvalue weighted by molar-refractivity contribution is 6.29. The standard InChI is InChI=1S/C33H22N2.C12H15N3/c1-34-29-13-7-5-11-23(29)26-20-19-25-28(32(26)34)18-16-21-15-17-27-24-12-6-8-14-30(24)35(33(27)31(21)25)22-9-3-2-4-10-22;1-2-6-10(13)12(15)11(14)9-7-4-3-5-8-9/h2-20H,1H3;2-8,14H,13,15H2,1H3/b;6-2-,12-10+,14-11?. The molecule has 0 saturated heterocycles. The van der Waals surface area contributed by atoms with Crippen LogP contribution in [0.4, 0.5) is 0 Å². The van der Waals surface area contributed by atoms with Gasteiger partial charge in [-0.15, -0.1) is 0 Å². The molecule has 0 spiro atoms. The van der Waals surface area contributed by atoms with Gasteiger partial charge in [0.2, 0.25) is 0 Å². The maximum atomic E-state index is 7.85. The lowest BCUT2D eigenvalue weighted by molar-refractivity contribution is 1.02. The van der Waals surface area contributed by atoms with E-state index in [2.05, 4.69) is 131 Å². The number of benzene rings is 7. The molecule has 0 atom stereocenters. The fourth-order valence-corrected chi connectivity index (χ4v) is 7.38. The highest BCUT2D eigenvalue weighted by Crippen LogP contribution is 2.42. The molecule has 0 aliphatic rings.